The molecule has 22 heavy (non-hydrogen) atoms. The van der Waals surface area contributed by atoms with Gasteiger partial charge in [-0.1, -0.05) is 6.07 Å². The second-order valence-electron chi connectivity index (χ2n) is 5.55. The Kier molecular flexibility index (Phi) is 2.92. The standard InChI is InChI=1S/C17H15N3O2/c1-11-17-13(20(19-11)16-6-2-3-7-18-16)9-12(10-14(17)21)15-5-4-8-22-15/h2-8,12H,9-10H2,1H3/t12-/m0/s1. The van der Waals surface area contributed by atoms with Crippen LogP contribution in [0.25, 0.3) is 5.82 Å². The molecule has 1 aliphatic carbocycles. The molecule has 0 fully saturated rings. The highest BCUT2D eigenvalue weighted by Gasteiger charge is 2.33. The fourth-order valence-corrected chi connectivity index (χ4v) is 3.15. The van der Waals surface area contributed by atoms with E-state index in [0.29, 0.717) is 6.42 Å². The fraction of sp³-hybridized carbons (Fsp3) is 0.235. The average Bonchev–Trinajstić information content (AvgIpc) is 3.16. The molecule has 0 saturated carbocycles. The van der Waals surface area contributed by atoms with Crippen LogP contribution in [0.4, 0.5) is 0 Å². The number of Topliss-reactive ketones (excluding diaryl/α,β-unsaturated/α-hetero) is 1. The highest BCUT2D eigenvalue weighted by molar-refractivity contribution is 6.00. The van der Waals surface area contributed by atoms with Crippen LogP contribution in [0.5, 0.6) is 0 Å². The molecule has 1 aliphatic rings. The van der Waals surface area contributed by atoms with Crippen molar-refractivity contribution in [3.8, 4) is 5.82 Å². The number of rotatable bonds is 2. The second kappa shape index (κ2) is 4.94. The van der Waals surface area contributed by atoms with Crippen molar-refractivity contribution in [1.29, 1.82) is 0 Å². The zero-order chi connectivity index (χ0) is 15.1. The summed E-state index contributed by atoms with van der Waals surface area (Å²) < 4.78 is 7.28. The van der Waals surface area contributed by atoms with Crippen LogP contribution in [0, 0.1) is 6.92 Å². The molecule has 5 nitrogen and oxygen atoms in total. The van der Waals surface area contributed by atoms with E-state index in [9.17, 15) is 4.79 Å². The Morgan fingerprint density at radius 3 is 2.86 bits per heavy atom. The van der Waals surface area contributed by atoms with E-state index in [2.05, 4.69) is 10.1 Å². The molecule has 0 amide bonds. The summed E-state index contributed by atoms with van der Waals surface area (Å²) in [6.45, 7) is 1.88. The summed E-state index contributed by atoms with van der Waals surface area (Å²) in [6.07, 6.45) is 4.57. The van der Waals surface area contributed by atoms with Crippen LogP contribution in [0.2, 0.25) is 0 Å². The van der Waals surface area contributed by atoms with Crippen molar-refractivity contribution in [2.24, 2.45) is 0 Å². The molecule has 0 radical (unpaired) electrons. The van der Waals surface area contributed by atoms with Gasteiger partial charge < -0.3 is 4.42 Å². The Morgan fingerprint density at radius 2 is 2.14 bits per heavy atom. The number of carbonyl (C=O) groups is 1. The number of aromatic nitrogens is 3. The predicted octanol–water partition coefficient (Wildman–Crippen LogP) is 3.08. The van der Waals surface area contributed by atoms with E-state index in [1.54, 1.807) is 17.1 Å². The van der Waals surface area contributed by atoms with Crippen LogP contribution in [0.3, 0.4) is 0 Å². The molecule has 0 unspecified atom stereocenters. The molecule has 0 bridgehead atoms. The van der Waals surface area contributed by atoms with Gasteiger partial charge in [-0.25, -0.2) is 9.67 Å². The molecule has 110 valence electrons. The first kappa shape index (κ1) is 13.0. The lowest BCUT2D eigenvalue weighted by molar-refractivity contribution is 0.0959. The van der Waals surface area contributed by atoms with E-state index in [1.807, 2.05) is 37.3 Å². The molecule has 3 aromatic heterocycles. The summed E-state index contributed by atoms with van der Waals surface area (Å²) in [7, 11) is 0. The number of nitrogens with zero attached hydrogens (tertiary/aromatic N) is 3. The van der Waals surface area contributed by atoms with Crippen LogP contribution in [-0.4, -0.2) is 20.5 Å². The minimum Gasteiger partial charge on any atom is -0.469 e. The van der Waals surface area contributed by atoms with E-state index in [4.69, 9.17) is 4.42 Å². The van der Waals surface area contributed by atoms with Crippen molar-refractivity contribution in [3.63, 3.8) is 0 Å². The zero-order valence-electron chi connectivity index (χ0n) is 12.2. The highest BCUT2D eigenvalue weighted by atomic mass is 16.3. The van der Waals surface area contributed by atoms with Gasteiger partial charge in [-0.3, -0.25) is 4.79 Å². The summed E-state index contributed by atoms with van der Waals surface area (Å²) >= 11 is 0. The molecule has 4 rings (SSSR count). The lowest BCUT2D eigenvalue weighted by Gasteiger charge is -2.20. The summed E-state index contributed by atoms with van der Waals surface area (Å²) in [5.41, 5.74) is 2.44. The molecular formula is C17H15N3O2. The van der Waals surface area contributed by atoms with Crippen molar-refractivity contribution in [2.75, 3.05) is 0 Å². The first-order valence-electron chi connectivity index (χ1n) is 7.30. The molecule has 0 aliphatic heterocycles. The normalized spacial score (nSPS) is 17.5. The molecule has 0 N–H and O–H groups in total. The van der Waals surface area contributed by atoms with Gasteiger partial charge in [0.15, 0.2) is 11.6 Å². The molecule has 3 aromatic rings. The maximum atomic E-state index is 12.5. The number of hydrogen-bond donors (Lipinski definition) is 0. The molecule has 1 atom stereocenters. The van der Waals surface area contributed by atoms with Crippen LogP contribution in [0.15, 0.2) is 47.2 Å². The molecular weight excluding hydrogens is 278 g/mol. The van der Waals surface area contributed by atoms with E-state index in [1.165, 1.54) is 0 Å². The minimum absolute atomic E-state index is 0.0635. The smallest absolute Gasteiger partial charge is 0.167 e. The maximum Gasteiger partial charge on any atom is 0.167 e. The Bertz CT molecular complexity index is 819. The number of furan rings is 1. The topological polar surface area (TPSA) is 60.9 Å². The van der Waals surface area contributed by atoms with Gasteiger partial charge in [0.05, 0.1) is 23.2 Å². The van der Waals surface area contributed by atoms with E-state index < -0.39 is 0 Å². The van der Waals surface area contributed by atoms with Gasteiger partial charge in [-0.2, -0.15) is 5.10 Å². The van der Waals surface area contributed by atoms with Gasteiger partial charge in [-0.15, -0.1) is 0 Å². The largest absolute Gasteiger partial charge is 0.469 e. The van der Waals surface area contributed by atoms with Gasteiger partial charge in [0.25, 0.3) is 0 Å². The first-order chi connectivity index (χ1) is 10.7. The summed E-state index contributed by atoms with van der Waals surface area (Å²) in [4.78, 5) is 16.9. The number of carbonyl (C=O) groups excluding carboxylic acids is 1. The monoisotopic (exact) mass is 293 g/mol. The quantitative estimate of drug-likeness (QED) is 0.728. The SMILES string of the molecule is Cc1nn(-c2ccccn2)c2c1C(=O)C[C@@H](c1ccco1)C2. The highest BCUT2D eigenvalue weighted by Crippen LogP contribution is 2.35. The molecule has 0 saturated heterocycles. The number of aryl methyl sites for hydroxylation is 1. The van der Waals surface area contributed by atoms with Crippen LogP contribution in [0.1, 0.15) is 39.8 Å². The average molecular weight is 293 g/mol. The van der Waals surface area contributed by atoms with Gasteiger partial charge in [-0.05, 0) is 31.2 Å². The summed E-state index contributed by atoms with van der Waals surface area (Å²) in [6, 6.07) is 9.46. The third-order valence-corrected chi connectivity index (χ3v) is 4.12. The van der Waals surface area contributed by atoms with Crippen molar-refractivity contribution < 1.29 is 9.21 Å². The maximum absolute atomic E-state index is 12.5. The Hall–Kier alpha value is -2.69. The van der Waals surface area contributed by atoms with Gasteiger partial charge in [0.2, 0.25) is 0 Å². The number of ketones is 1. The number of hydrogen-bond acceptors (Lipinski definition) is 4. The lowest BCUT2D eigenvalue weighted by atomic mass is 9.84. The van der Waals surface area contributed by atoms with Crippen LogP contribution >= 0.6 is 0 Å². The molecule has 0 aromatic carbocycles. The van der Waals surface area contributed by atoms with Crippen molar-refractivity contribution in [3.05, 3.63) is 65.5 Å². The van der Waals surface area contributed by atoms with E-state index >= 15 is 0 Å². The molecule has 0 spiro atoms. The molecule has 5 heteroatoms. The van der Waals surface area contributed by atoms with Crippen molar-refractivity contribution in [1.82, 2.24) is 14.8 Å². The lowest BCUT2D eigenvalue weighted by Crippen LogP contribution is -2.20. The zero-order valence-corrected chi connectivity index (χ0v) is 12.2. The van der Waals surface area contributed by atoms with E-state index in [-0.39, 0.29) is 11.7 Å². The van der Waals surface area contributed by atoms with Crippen molar-refractivity contribution >= 4 is 5.78 Å². The molecule has 3 heterocycles. The third kappa shape index (κ3) is 1.97. The van der Waals surface area contributed by atoms with Crippen LogP contribution < -0.4 is 0 Å². The third-order valence-electron chi connectivity index (χ3n) is 4.12. The Labute approximate surface area is 127 Å². The predicted molar refractivity (Wildman–Crippen MR) is 80.2 cm³/mol. The van der Waals surface area contributed by atoms with E-state index in [0.717, 1.165) is 35.0 Å². The van der Waals surface area contributed by atoms with Gasteiger partial charge in [0.1, 0.15) is 5.76 Å². The van der Waals surface area contributed by atoms with Gasteiger partial charge >= 0.3 is 0 Å². The summed E-state index contributed by atoms with van der Waals surface area (Å²) in [5.74, 6) is 1.78. The van der Waals surface area contributed by atoms with Crippen molar-refractivity contribution in [2.45, 2.75) is 25.7 Å². The number of fused-ring (bicyclic) bond motifs is 1. The Morgan fingerprint density at radius 1 is 1.23 bits per heavy atom. The second-order valence-corrected chi connectivity index (χ2v) is 5.55. The van der Waals surface area contributed by atoms with Gasteiger partial charge in [0, 0.05) is 25.0 Å². The fourth-order valence-electron chi connectivity index (χ4n) is 3.15. The summed E-state index contributed by atoms with van der Waals surface area (Å²) in [5, 5.41) is 4.53. The first-order valence-corrected chi connectivity index (χ1v) is 7.30. The van der Waals surface area contributed by atoms with Crippen LogP contribution in [-0.2, 0) is 6.42 Å². The minimum atomic E-state index is 0.0635. The Balaban J connectivity index is 1.83. The number of pyridine rings is 1.